The summed E-state index contributed by atoms with van der Waals surface area (Å²) < 4.78 is 48.9. The molecule has 7 nitrogen and oxygen atoms in total. The van der Waals surface area contributed by atoms with Crippen LogP contribution in [0.4, 0.5) is 19.0 Å². The lowest BCUT2D eigenvalue weighted by atomic mass is 9.68. The molecule has 0 amide bonds. The number of hydrogen-bond acceptors (Lipinski definition) is 5. The Morgan fingerprint density at radius 1 is 1.29 bits per heavy atom. The minimum atomic E-state index is -1.82. The zero-order valence-corrected chi connectivity index (χ0v) is 19.3. The van der Waals surface area contributed by atoms with Crippen LogP contribution in [0.3, 0.4) is 0 Å². The molecule has 3 N–H and O–H groups in total. The first kappa shape index (κ1) is 24.1. The molecule has 0 bridgehead atoms. The number of aliphatic carboxylic acids is 1. The maximum atomic E-state index is 15.3. The van der Waals surface area contributed by atoms with Crippen molar-refractivity contribution < 1.29 is 27.8 Å². The van der Waals surface area contributed by atoms with E-state index >= 15 is 4.39 Å². The smallest absolute Gasteiger partial charge is 0.312 e. The highest BCUT2D eigenvalue weighted by molar-refractivity contribution is 6.33. The predicted octanol–water partition coefficient (Wildman–Crippen LogP) is 5.64. The molecule has 0 spiro atoms. The van der Waals surface area contributed by atoms with Gasteiger partial charge in [0.15, 0.2) is 5.65 Å². The van der Waals surface area contributed by atoms with E-state index in [-0.39, 0.29) is 53.6 Å². The summed E-state index contributed by atoms with van der Waals surface area (Å²) in [6.45, 7) is 2.64. The molecule has 2 heterocycles. The van der Waals surface area contributed by atoms with Gasteiger partial charge in [0.05, 0.1) is 16.0 Å². The molecule has 182 valence electrons. The summed E-state index contributed by atoms with van der Waals surface area (Å²) in [5.41, 5.74) is -2.69. The minimum absolute atomic E-state index is 0.0575. The molecule has 1 aliphatic rings. The van der Waals surface area contributed by atoms with Crippen molar-refractivity contribution in [2.45, 2.75) is 57.8 Å². The summed E-state index contributed by atoms with van der Waals surface area (Å²) in [5.74, 6) is -2.34. The molecule has 0 saturated heterocycles. The molecular formula is C23H24ClF3N4O3. The molecule has 2 aromatic heterocycles. The monoisotopic (exact) mass is 496 g/mol. The first-order chi connectivity index (χ1) is 16.0. The largest absolute Gasteiger partial charge is 0.481 e. The number of ether oxygens (including phenoxy) is 1. The molecule has 0 aliphatic heterocycles. The van der Waals surface area contributed by atoms with Crippen LogP contribution in [-0.2, 0) is 11.3 Å². The normalized spacial score (nSPS) is 20.9. The number of carboxylic acids is 1. The fourth-order valence-electron chi connectivity index (χ4n) is 4.09. The van der Waals surface area contributed by atoms with E-state index in [1.807, 2.05) is 0 Å². The Labute approximate surface area is 198 Å². The van der Waals surface area contributed by atoms with Crippen LogP contribution in [0.15, 0.2) is 24.3 Å². The second-order valence-electron chi connectivity index (χ2n) is 9.00. The quantitative estimate of drug-likeness (QED) is 0.391. The molecule has 0 atom stereocenters. The number of halogens is 4. The predicted molar refractivity (Wildman–Crippen MR) is 121 cm³/mol. The lowest BCUT2D eigenvalue weighted by molar-refractivity contribution is -0.160. The Hall–Kier alpha value is -3.01. The van der Waals surface area contributed by atoms with Gasteiger partial charge >= 0.3 is 5.97 Å². The standard InChI is InChI=1S/C23H24ClF3N4O3/c1-22(2,20(32)33)23(27)8-6-12(7-9-23)34-21-29-17-10-14(24)18(30-19(17)31-21)28-11-13-15(25)4-3-5-16(13)26/h3-5,10,12H,6-9,11H2,1-2H3,(H,32,33)(H2,28,29,30,31)/t12-,23+. The van der Waals surface area contributed by atoms with Crippen molar-refractivity contribution >= 4 is 34.6 Å². The van der Waals surface area contributed by atoms with Crippen molar-refractivity contribution in [3.05, 3.63) is 46.5 Å². The summed E-state index contributed by atoms with van der Waals surface area (Å²) in [4.78, 5) is 23.0. The SMILES string of the molecule is CC(C)(C(=O)O)[C@]1(F)CC[C@@H](Oc2nc3nc(NCc4c(F)cccc4F)c(Cl)cc3[nH]2)CC1. The number of alkyl halides is 1. The molecule has 11 heteroatoms. The third kappa shape index (κ3) is 4.51. The fraction of sp³-hybridized carbons (Fsp3) is 0.435. The Balaban J connectivity index is 1.44. The van der Waals surface area contributed by atoms with Crippen LogP contribution >= 0.6 is 11.6 Å². The number of H-pyrrole nitrogens is 1. The van der Waals surface area contributed by atoms with Crippen LogP contribution in [0.5, 0.6) is 6.01 Å². The van der Waals surface area contributed by atoms with Crippen LogP contribution in [0.1, 0.15) is 45.1 Å². The van der Waals surface area contributed by atoms with Crippen LogP contribution in [-0.4, -0.2) is 37.8 Å². The van der Waals surface area contributed by atoms with Crippen LogP contribution < -0.4 is 10.1 Å². The molecular weight excluding hydrogens is 473 g/mol. The third-order valence-corrected chi connectivity index (χ3v) is 6.85. The third-order valence-electron chi connectivity index (χ3n) is 6.56. The summed E-state index contributed by atoms with van der Waals surface area (Å²) in [6, 6.07) is 5.34. The van der Waals surface area contributed by atoms with Crippen molar-refractivity contribution in [1.29, 1.82) is 0 Å². The number of carbonyl (C=O) groups is 1. The van der Waals surface area contributed by atoms with Gasteiger partial charge in [-0.2, -0.15) is 4.98 Å². The van der Waals surface area contributed by atoms with Gasteiger partial charge in [-0.1, -0.05) is 17.7 Å². The highest BCUT2D eigenvalue weighted by Gasteiger charge is 2.52. The zero-order chi connectivity index (χ0) is 24.7. The highest BCUT2D eigenvalue weighted by atomic mass is 35.5. The molecule has 4 rings (SSSR count). The number of fused-ring (bicyclic) bond motifs is 1. The van der Waals surface area contributed by atoms with Gasteiger partial charge in [-0.15, -0.1) is 0 Å². The number of aromatic nitrogens is 3. The van der Waals surface area contributed by atoms with E-state index in [2.05, 4.69) is 20.3 Å². The molecule has 1 aliphatic carbocycles. The molecule has 1 aromatic carbocycles. The maximum absolute atomic E-state index is 15.3. The van der Waals surface area contributed by atoms with Gasteiger partial charge < -0.3 is 20.1 Å². The van der Waals surface area contributed by atoms with Gasteiger partial charge in [-0.05, 0) is 57.7 Å². The van der Waals surface area contributed by atoms with Gasteiger partial charge in [0.2, 0.25) is 0 Å². The number of rotatable bonds is 7. The summed E-state index contributed by atoms with van der Waals surface area (Å²) >= 11 is 6.26. The first-order valence-corrected chi connectivity index (χ1v) is 11.2. The van der Waals surface area contributed by atoms with E-state index < -0.39 is 28.7 Å². The van der Waals surface area contributed by atoms with E-state index in [4.69, 9.17) is 16.3 Å². The number of anilines is 1. The summed E-state index contributed by atoms with van der Waals surface area (Å²) in [5, 5.41) is 12.4. The van der Waals surface area contributed by atoms with Crippen LogP contribution in [0.25, 0.3) is 11.2 Å². The number of carboxylic acid groups (broad SMARTS) is 1. The van der Waals surface area contributed by atoms with Crippen molar-refractivity contribution in [3.8, 4) is 6.01 Å². The van der Waals surface area contributed by atoms with E-state index in [1.165, 1.54) is 19.9 Å². The second-order valence-corrected chi connectivity index (χ2v) is 9.41. The molecule has 3 aromatic rings. The van der Waals surface area contributed by atoms with Gasteiger partial charge in [-0.3, -0.25) is 4.79 Å². The average Bonchev–Trinajstić information content (AvgIpc) is 3.15. The van der Waals surface area contributed by atoms with Crippen LogP contribution in [0, 0.1) is 17.0 Å². The van der Waals surface area contributed by atoms with Crippen molar-refractivity contribution in [2.75, 3.05) is 5.32 Å². The summed E-state index contributed by atoms with van der Waals surface area (Å²) in [6.07, 6.45) is 0.439. The molecule has 0 radical (unpaired) electrons. The molecule has 1 saturated carbocycles. The number of imidazole rings is 1. The van der Waals surface area contributed by atoms with Crippen molar-refractivity contribution in [2.24, 2.45) is 5.41 Å². The Kier molecular flexibility index (Phi) is 6.37. The van der Waals surface area contributed by atoms with Crippen molar-refractivity contribution in [3.63, 3.8) is 0 Å². The zero-order valence-electron chi connectivity index (χ0n) is 18.6. The Bertz CT molecular complexity index is 1210. The maximum Gasteiger partial charge on any atom is 0.312 e. The second kappa shape index (κ2) is 8.98. The Morgan fingerprint density at radius 3 is 2.56 bits per heavy atom. The van der Waals surface area contributed by atoms with E-state index in [0.29, 0.717) is 18.4 Å². The molecule has 0 unspecified atom stereocenters. The van der Waals surface area contributed by atoms with Crippen LogP contribution in [0.2, 0.25) is 5.02 Å². The number of nitrogens with zero attached hydrogens (tertiary/aromatic N) is 2. The van der Waals surface area contributed by atoms with E-state index in [9.17, 15) is 18.7 Å². The Morgan fingerprint density at radius 2 is 1.94 bits per heavy atom. The molecule has 34 heavy (non-hydrogen) atoms. The minimum Gasteiger partial charge on any atom is -0.481 e. The average molecular weight is 497 g/mol. The fourth-order valence-corrected chi connectivity index (χ4v) is 4.31. The number of benzene rings is 1. The van der Waals surface area contributed by atoms with Gasteiger partial charge in [0.1, 0.15) is 29.2 Å². The number of pyridine rings is 1. The number of nitrogens with one attached hydrogen (secondary N) is 2. The highest BCUT2D eigenvalue weighted by Crippen LogP contribution is 2.46. The van der Waals surface area contributed by atoms with E-state index in [1.54, 1.807) is 6.07 Å². The lowest BCUT2D eigenvalue weighted by Gasteiger charge is -2.41. The van der Waals surface area contributed by atoms with Gasteiger partial charge in [0, 0.05) is 12.1 Å². The number of aromatic amines is 1. The van der Waals surface area contributed by atoms with Gasteiger partial charge in [0.25, 0.3) is 6.01 Å². The van der Waals surface area contributed by atoms with Crippen molar-refractivity contribution in [1.82, 2.24) is 15.0 Å². The van der Waals surface area contributed by atoms with Gasteiger partial charge in [-0.25, -0.2) is 18.2 Å². The summed E-state index contributed by atoms with van der Waals surface area (Å²) in [7, 11) is 0. The first-order valence-electron chi connectivity index (χ1n) is 10.8. The topological polar surface area (TPSA) is 100 Å². The van der Waals surface area contributed by atoms with E-state index in [0.717, 1.165) is 12.1 Å². The number of hydrogen-bond donors (Lipinski definition) is 3. The molecule has 1 fully saturated rings. The lowest BCUT2D eigenvalue weighted by Crippen LogP contribution is -2.49.